The summed E-state index contributed by atoms with van der Waals surface area (Å²) in [7, 11) is 0. The van der Waals surface area contributed by atoms with Crippen LogP contribution in [0, 0.1) is 12.7 Å². The van der Waals surface area contributed by atoms with Gasteiger partial charge in [-0.1, -0.05) is 6.07 Å². The van der Waals surface area contributed by atoms with Crippen LogP contribution in [0.2, 0.25) is 0 Å². The zero-order valence-corrected chi connectivity index (χ0v) is 9.57. The molecule has 0 atom stereocenters. The van der Waals surface area contributed by atoms with Gasteiger partial charge in [0, 0.05) is 24.9 Å². The Balaban J connectivity index is 2.46. The molecule has 0 fully saturated rings. The molecule has 0 aliphatic rings. The summed E-state index contributed by atoms with van der Waals surface area (Å²) in [4.78, 5) is 18.9. The molecule has 0 saturated carbocycles. The molecule has 1 aromatic heterocycles. The smallest absolute Gasteiger partial charge is 0.196 e. The number of Topliss-reactive ketones (excluding diaryl/α,β-unsaturated/α-hetero) is 1. The molecule has 1 heterocycles. The van der Waals surface area contributed by atoms with E-state index in [1.807, 2.05) is 6.92 Å². The largest absolute Gasteiger partial charge is 0.291 e. The van der Waals surface area contributed by atoms with E-state index in [4.69, 9.17) is 0 Å². The second-order valence-electron chi connectivity index (χ2n) is 3.81. The lowest BCUT2D eigenvalue weighted by atomic mass is 10.0. The van der Waals surface area contributed by atoms with E-state index in [9.17, 15) is 9.18 Å². The Morgan fingerprint density at radius 3 is 2.47 bits per heavy atom. The molecule has 0 aliphatic carbocycles. The minimum absolute atomic E-state index is 0.169. The third-order valence-corrected chi connectivity index (χ3v) is 2.48. The lowest BCUT2D eigenvalue weighted by Crippen LogP contribution is -2.00. The Morgan fingerprint density at radius 2 is 1.88 bits per heavy atom. The van der Waals surface area contributed by atoms with Gasteiger partial charge in [0.25, 0.3) is 0 Å². The topological polar surface area (TPSA) is 42.9 Å². The first kappa shape index (κ1) is 11.4. The molecule has 2 rings (SSSR count). The van der Waals surface area contributed by atoms with Crippen molar-refractivity contribution in [1.29, 1.82) is 0 Å². The number of hydrogen-bond acceptors (Lipinski definition) is 3. The number of nitrogens with zero attached hydrogens (tertiary/aromatic N) is 2. The van der Waals surface area contributed by atoms with Crippen LogP contribution >= 0.6 is 0 Å². The molecule has 4 heteroatoms. The van der Waals surface area contributed by atoms with Crippen LogP contribution in [-0.2, 0) is 0 Å². The average molecular weight is 230 g/mol. The van der Waals surface area contributed by atoms with Crippen LogP contribution in [0.1, 0.15) is 23.1 Å². The summed E-state index contributed by atoms with van der Waals surface area (Å²) < 4.78 is 13.1. The second kappa shape index (κ2) is 4.41. The Kier molecular flexibility index (Phi) is 2.95. The minimum atomic E-state index is -0.304. The zero-order chi connectivity index (χ0) is 12.4. The number of benzene rings is 1. The molecular formula is C13H11FN2O. The lowest BCUT2D eigenvalue weighted by molar-refractivity contribution is 0.100. The normalized spacial score (nSPS) is 10.3. The summed E-state index contributed by atoms with van der Waals surface area (Å²) in [5.74, 6) is -0.323. The molecule has 0 radical (unpaired) electrons. The highest BCUT2D eigenvalue weighted by atomic mass is 19.1. The van der Waals surface area contributed by atoms with E-state index in [1.54, 1.807) is 6.07 Å². The van der Waals surface area contributed by atoms with E-state index in [-0.39, 0.29) is 17.4 Å². The van der Waals surface area contributed by atoms with Crippen molar-refractivity contribution < 1.29 is 9.18 Å². The van der Waals surface area contributed by atoms with E-state index in [1.165, 1.54) is 31.5 Å². The molecular weight excluding hydrogens is 219 g/mol. The van der Waals surface area contributed by atoms with Crippen molar-refractivity contribution in [3.05, 3.63) is 47.8 Å². The zero-order valence-electron chi connectivity index (χ0n) is 9.57. The standard InChI is InChI=1S/C13H11FN2O/c1-8-3-4-11(14)5-12(8)10-6-15-13(9(2)17)16-7-10/h3-7H,1-2H3. The first-order valence-corrected chi connectivity index (χ1v) is 5.17. The number of carbonyl (C=O) groups is 1. The molecule has 2 aromatic rings. The molecule has 0 unspecified atom stereocenters. The minimum Gasteiger partial charge on any atom is -0.291 e. The van der Waals surface area contributed by atoms with Gasteiger partial charge in [-0.25, -0.2) is 14.4 Å². The molecule has 0 aliphatic heterocycles. The molecule has 1 aromatic carbocycles. The van der Waals surface area contributed by atoms with Gasteiger partial charge in [0.15, 0.2) is 11.6 Å². The predicted octanol–water partition coefficient (Wildman–Crippen LogP) is 2.79. The first-order chi connectivity index (χ1) is 8.08. The molecule has 17 heavy (non-hydrogen) atoms. The lowest BCUT2D eigenvalue weighted by Gasteiger charge is -2.05. The molecule has 86 valence electrons. The van der Waals surface area contributed by atoms with Gasteiger partial charge in [-0.2, -0.15) is 0 Å². The number of aromatic nitrogens is 2. The Hall–Kier alpha value is -2.10. The van der Waals surface area contributed by atoms with Gasteiger partial charge in [-0.15, -0.1) is 0 Å². The summed E-state index contributed by atoms with van der Waals surface area (Å²) in [6.07, 6.45) is 3.07. The fourth-order valence-electron chi connectivity index (χ4n) is 1.55. The number of aryl methyl sites for hydroxylation is 1. The van der Waals surface area contributed by atoms with Crippen molar-refractivity contribution in [1.82, 2.24) is 9.97 Å². The van der Waals surface area contributed by atoms with Crippen LogP contribution in [0.4, 0.5) is 4.39 Å². The fraction of sp³-hybridized carbons (Fsp3) is 0.154. The van der Waals surface area contributed by atoms with E-state index in [2.05, 4.69) is 9.97 Å². The van der Waals surface area contributed by atoms with Gasteiger partial charge in [-0.05, 0) is 30.2 Å². The van der Waals surface area contributed by atoms with Crippen LogP contribution in [-0.4, -0.2) is 15.8 Å². The number of rotatable bonds is 2. The SMILES string of the molecule is CC(=O)c1ncc(-c2cc(F)ccc2C)cn1. The van der Waals surface area contributed by atoms with Crippen LogP contribution in [0.25, 0.3) is 11.1 Å². The van der Waals surface area contributed by atoms with Crippen molar-refractivity contribution in [2.45, 2.75) is 13.8 Å². The highest BCUT2D eigenvalue weighted by molar-refractivity contribution is 5.90. The summed E-state index contributed by atoms with van der Waals surface area (Å²) in [6.45, 7) is 3.29. The monoisotopic (exact) mass is 230 g/mol. The van der Waals surface area contributed by atoms with Crippen molar-refractivity contribution in [2.75, 3.05) is 0 Å². The Morgan fingerprint density at radius 1 is 1.24 bits per heavy atom. The van der Waals surface area contributed by atoms with Crippen molar-refractivity contribution >= 4 is 5.78 Å². The molecule has 0 spiro atoms. The molecule has 0 bridgehead atoms. The van der Waals surface area contributed by atoms with Gasteiger partial charge in [0.1, 0.15) is 5.82 Å². The van der Waals surface area contributed by atoms with Crippen LogP contribution in [0.5, 0.6) is 0 Å². The second-order valence-corrected chi connectivity index (χ2v) is 3.81. The number of hydrogen-bond donors (Lipinski definition) is 0. The van der Waals surface area contributed by atoms with Gasteiger partial charge < -0.3 is 0 Å². The van der Waals surface area contributed by atoms with Crippen LogP contribution < -0.4 is 0 Å². The maximum absolute atomic E-state index is 13.1. The van der Waals surface area contributed by atoms with Crippen LogP contribution in [0.3, 0.4) is 0 Å². The number of halogens is 1. The van der Waals surface area contributed by atoms with Gasteiger partial charge in [0.2, 0.25) is 0 Å². The molecule has 0 amide bonds. The third-order valence-electron chi connectivity index (χ3n) is 2.48. The first-order valence-electron chi connectivity index (χ1n) is 5.17. The average Bonchev–Trinajstić information content (AvgIpc) is 2.32. The highest BCUT2D eigenvalue weighted by Gasteiger charge is 2.07. The number of ketones is 1. The van der Waals surface area contributed by atoms with E-state index in [0.717, 1.165) is 11.1 Å². The van der Waals surface area contributed by atoms with Gasteiger partial charge in [-0.3, -0.25) is 4.79 Å². The molecule has 0 saturated heterocycles. The summed E-state index contributed by atoms with van der Waals surface area (Å²) >= 11 is 0. The summed E-state index contributed by atoms with van der Waals surface area (Å²) in [6, 6.07) is 4.54. The maximum Gasteiger partial charge on any atom is 0.196 e. The van der Waals surface area contributed by atoms with Gasteiger partial charge in [0.05, 0.1) is 0 Å². The molecule has 0 N–H and O–H groups in total. The quantitative estimate of drug-likeness (QED) is 0.745. The van der Waals surface area contributed by atoms with Crippen LogP contribution in [0.15, 0.2) is 30.6 Å². The molecule has 3 nitrogen and oxygen atoms in total. The summed E-state index contributed by atoms with van der Waals surface area (Å²) in [5, 5.41) is 0. The summed E-state index contributed by atoms with van der Waals surface area (Å²) in [5.41, 5.74) is 2.37. The van der Waals surface area contributed by atoms with E-state index >= 15 is 0 Å². The maximum atomic E-state index is 13.1. The predicted molar refractivity (Wildman–Crippen MR) is 62.2 cm³/mol. The third kappa shape index (κ3) is 2.36. The highest BCUT2D eigenvalue weighted by Crippen LogP contribution is 2.22. The van der Waals surface area contributed by atoms with Crippen molar-refractivity contribution in [3.63, 3.8) is 0 Å². The van der Waals surface area contributed by atoms with Crippen molar-refractivity contribution in [3.8, 4) is 11.1 Å². The number of carbonyl (C=O) groups excluding carboxylic acids is 1. The van der Waals surface area contributed by atoms with Crippen molar-refractivity contribution in [2.24, 2.45) is 0 Å². The van der Waals surface area contributed by atoms with E-state index < -0.39 is 0 Å². The Labute approximate surface area is 98.3 Å². The van der Waals surface area contributed by atoms with Gasteiger partial charge >= 0.3 is 0 Å². The van der Waals surface area contributed by atoms with E-state index in [0.29, 0.717) is 5.56 Å². The fourth-order valence-corrected chi connectivity index (χ4v) is 1.55. The Bertz CT molecular complexity index is 564.